The normalized spacial score (nSPS) is 11.0. The summed E-state index contributed by atoms with van der Waals surface area (Å²) in [6, 6.07) is 8.05. The number of nitrogen functional groups attached to an aromatic ring is 1. The van der Waals surface area contributed by atoms with Crippen molar-refractivity contribution in [3.05, 3.63) is 41.4 Å². The summed E-state index contributed by atoms with van der Waals surface area (Å²) in [6.07, 6.45) is 1.41. The molecule has 0 aromatic carbocycles. The fourth-order valence-electron chi connectivity index (χ4n) is 2.07. The summed E-state index contributed by atoms with van der Waals surface area (Å²) < 4.78 is 0. The number of thiophene rings is 2. The lowest BCUT2D eigenvalue weighted by molar-refractivity contribution is 1.16. The Balaban J connectivity index is 2.08. The van der Waals surface area contributed by atoms with E-state index in [-0.39, 0.29) is 0 Å². The second-order valence-electron chi connectivity index (χ2n) is 4.31. The SMILES string of the molecule is Nc1ncnc2nc(-c3cccs3)c(-c3cccs3)nc12. The number of nitrogens with two attached hydrogens (primary N) is 1. The van der Waals surface area contributed by atoms with E-state index in [0.29, 0.717) is 17.0 Å². The maximum atomic E-state index is 5.90. The van der Waals surface area contributed by atoms with Crippen LogP contribution in [0.5, 0.6) is 0 Å². The molecule has 7 heteroatoms. The van der Waals surface area contributed by atoms with Gasteiger partial charge in [-0.3, -0.25) is 0 Å². The Morgan fingerprint density at radius 2 is 1.52 bits per heavy atom. The van der Waals surface area contributed by atoms with Crippen molar-refractivity contribution in [1.29, 1.82) is 0 Å². The first-order chi connectivity index (χ1) is 10.3. The molecule has 2 N–H and O–H groups in total. The van der Waals surface area contributed by atoms with Crippen LogP contribution in [-0.2, 0) is 0 Å². The molecule has 0 unspecified atom stereocenters. The lowest BCUT2D eigenvalue weighted by Gasteiger charge is -2.07. The molecule has 0 aliphatic heterocycles. The topological polar surface area (TPSA) is 77.6 Å². The third-order valence-electron chi connectivity index (χ3n) is 3.01. The van der Waals surface area contributed by atoms with Crippen LogP contribution >= 0.6 is 22.7 Å². The van der Waals surface area contributed by atoms with Crippen LogP contribution in [0.2, 0.25) is 0 Å². The lowest BCUT2D eigenvalue weighted by Crippen LogP contribution is -2.00. The molecule has 4 rings (SSSR count). The molecule has 0 saturated heterocycles. The van der Waals surface area contributed by atoms with Gasteiger partial charge >= 0.3 is 0 Å². The summed E-state index contributed by atoms with van der Waals surface area (Å²) in [5.74, 6) is 0.350. The van der Waals surface area contributed by atoms with E-state index in [9.17, 15) is 0 Å². The maximum Gasteiger partial charge on any atom is 0.184 e. The van der Waals surface area contributed by atoms with Crippen LogP contribution in [0.25, 0.3) is 32.3 Å². The molecule has 0 amide bonds. The minimum atomic E-state index is 0.350. The first kappa shape index (κ1) is 12.4. The van der Waals surface area contributed by atoms with Gasteiger partial charge in [-0.15, -0.1) is 22.7 Å². The predicted molar refractivity (Wildman–Crippen MR) is 86.2 cm³/mol. The summed E-state index contributed by atoms with van der Waals surface area (Å²) in [5.41, 5.74) is 8.61. The molecule has 0 radical (unpaired) electrons. The fraction of sp³-hybridized carbons (Fsp3) is 0. The smallest absolute Gasteiger partial charge is 0.184 e. The minimum Gasteiger partial charge on any atom is -0.382 e. The number of rotatable bonds is 2. The molecule has 0 fully saturated rings. The molecule has 0 aliphatic rings. The second kappa shape index (κ2) is 4.87. The van der Waals surface area contributed by atoms with Gasteiger partial charge in [0.05, 0.1) is 9.75 Å². The zero-order valence-corrected chi connectivity index (χ0v) is 12.4. The molecular formula is C14H9N5S2. The summed E-state index contributed by atoms with van der Waals surface area (Å²) in [4.78, 5) is 19.6. The van der Waals surface area contributed by atoms with Crippen LogP contribution in [0.4, 0.5) is 5.82 Å². The van der Waals surface area contributed by atoms with Gasteiger partial charge in [0.1, 0.15) is 17.7 Å². The van der Waals surface area contributed by atoms with Crippen molar-refractivity contribution in [3.63, 3.8) is 0 Å². The van der Waals surface area contributed by atoms with Crippen LogP contribution in [0.15, 0.2) is 41.4 Å². The van der Waals surface area contributed by atoms with Gasteiger partial charge in [0.2, 0.25) is 0 Å². The molecule has 102 valence electrons. The number of hydrogen-bond acceptors (Lipinski definition) is 7. The quantitative estimate of drug-likeness (QED) is 0.613. The van der Waals surface area contributed by atoms with E-state index in [1.165, 1.54) is 6.33 Å². The standard InChI is InChI=1S/C14H9N5S2/c15-13-12-14(17-7-16-13)19-11(9-4-2-6-21-9)10(18-12)8-3-1-5-20-8/h1-7H,(H2,15,16,17,19). The van der Waals surface area contributed by atoms with E-state index in [1.807, 2.05) is 35.0 Å². The first-order valence-electron chi connectivity index (χ1n) is 6.19. The maximum absolute atomic E-state index is 5.90. The molecule has 0 atom stereocenters. The van der Waals surface area contributed by atoms with Crippen molar-refractivity contribution in [3.8, 4) is 21.1 Å². The second-order valence-corrected chi connectivity index (χ2v) is 6.20. The van der Waals surface area contributed by atoms with E-state index in [1.54, 1.807) is 22.7 Å². The highest BCUT2D eigenvalue weighted by atomic mass is 32.1. The Morgan fingerprint density at radius 3 is 2.14 bits per heavy atom. The average Bonchev–Trinajstić information content (AvgIpc) is 3.20. The summed E-state index contributed by atoms with van der Waals surface area (Å²) in [7, 11) is 0. The van der Waals surface area contributed by atoms with E-state index >= 15 is 0 Å². The van der Waals surface area contributed by atoms with Crippen LogP contribution in [0.1, 0.15) is 0 Å². The molecule has 4 heterocycles. The molecule has 0 spiro atoms. The van der Waals surface area contributed by atoms with Crippen LogP contribution in [0.3, 0.4) is 0 Å². The molecule has 0 saturated carbocycles. The Bertz CT molecular complexity index is 901. The Morgan fingerprint density at radius 1 is 0.857 bits per heavy atom. The Labute approximate surface area is 128 Å². The largest absolute Gasteiger partial charge is 0.382 e. The molecule has 4 aromatic rings. The van der Waals surface area contributed by atoms with E-state index in [0.717, 1.165) is 21.1 Å². The fourth-order valence-corrected chi connectivity index (χ4v) is 3.50. The summed E-state index contributed by atoms with van der Waals surface area (Å²) in [6.45, 7) is 0. The van der Waals surface area contributed by atoms with Crippen molar-refractivity contribution in [2.75, 3.05) is 5.73 Å². The van der Waals surface area contributed by atoms with Gasteiger partial charge in [-0.2, -0.15) is 0 Å². The minimum absolute atomic E-state index is 0.350. The van der Waals surface area contributed by atoms with Crippen LogP contribution in [-0.4, -0.2) is 19.9 Å². The first-order valence-corrected chi connectivity index (χ1v) is 7.95. The van der Waals surface area contributed by atoms with Crippen molar-refractivity contribution in [2.24, 2.45) is 0 Å². The van der Waals surface area contributed by atoms with Gasteiger partial charge in [-0.1, -0.05) is 12.1 Å². The predicted octanol–water partition coefficient (Wildman–Crippen LogP) is 3.46. The van der Waals surface area contributed by atoms with Crippen molar-refractivity contribution < 1.29 is 0 Å². The third kappa shape index (κ3) is 2.07. The van der Waals surface area contributed by atoms with E-state index in [2.05, 4.69) is 19.9 Å². The lowest BCUT2D eigenvalue weighted by atomic mass is 10.2. The monoisotopic (exact) mass is 311 g/mol. The van der Waals surface area contributed by atoms with Gasteiger partial charge in [-0.25, -0.2) is 19.9 Å². The zero-order chi connectivity index (χ0) is 14.2. The number of fused-ring (bicyclic) bond motifs is 1. The highest BCUT2D eigenvalue weighted by Gasteiger charge is 2.16. The third-order valence-corrected chi connectivity index (χ3v) is 4.76. The molecule has 5 nitrogen and oxygen atoms in total. The van der Waals surface area contributed by atoms with Gasteiger partial charge in [0.15, 0.2) is 17.0 Å². The number of aromatic nitrogens is 4. The summed E-state index contributed by atoms with van der Waals surface area (Å²) >= 11 is 3.25. The highest BCUT2D eigenvalue weighted by Crippen LogP contribution is 2.35. The van der Waals surface area contributed by atoms with Gasteiger partial charge in [0.25, 0.3) is 0 Å². The molecule has 4 aromatic heterocycles. The van der Waals surface area contributed by atoms with Crippen molar-refractivity contribution >= 4 is 39.7 Å². The van der Waals surface area contributed by atoms with E-state index < -0.39 is 0 Å². The Hall–Kier alpha value is -2.38. The highest BCUT2D eigenvalue weighted by molar-refractivity contribution is 7.14. The van der Waals surface area contributed by atoms with Gasteiger partial charge in [0, 0.05) is 0 Å². The zero-order valence-electron chi connectivity index (χ0n) is 10.7. The number of nitrogens with zero attached hydrogens (tertiary/aromatic N) is 4. The molecule has 0 aliphatic carbocycles. The van der Waals surface area contributed by atoms with Crippen LogP contribution in [0, 0.1) is 0 Å². The van der Waals surface area contributed by atoms with E-state index in [4.69, 9.17) is 5.73 Å². The van der Waals surface area contributed by atoms with Gasteiger partial charge in [-0.05, 0) is 22.9 Å². The van der Waals surface area contributed by atoms with Gasteiger partial charge < -0.3 is 5.73 Å². The number of anilines is 1. The van der Waals surface area contributed by atoms with Crippen LogP contribution < -0.4 is 5.73 Å². The molecule has 21 heavy (non-hydrogen) atoms. The summed E-state index contributed by atoms with van der Waals surface area (Å²) in [5, 5.41) is 4.04. The molecular weight excluding hydrogens is 302 g/mol. The number of hydrogen-bond donors (Lipinski definition) is 1. The van der Waals surface area contributed by atoms with Crippen molar-refractivity contribution in [1.82, 2.24) is 19.9 Å². The molecule has 0 bridgehead atoms. The average molecular weight is 311 g/mol. The van der Waals surface area contributed by atoms with Crippen molar-refractivity contribution in [2.45, 2.75) is 0 Å². The Kier molecular flexibility index (Phi) is 2.87.